The fraction of sp³-hybridized carbons (Fsp3) is 0.500. The van der Waals surface area contributed by atoms with Crippen LogP contribution in [-0.4, -0.2) is 30.3 Å². The number of ether oxygens (including phenoxy) is 1. The maximum absolute atomic E-state index is 11.4. The predicted octanol–water partition coefficient (Wildman–Crippen LogP) is 2.39. The number of hydrogen-bond acceptors (Lipinski definition) is 3. The fourth-order valence-electron chi connectivity index (χ4n) is 1.46. The Labute approximate surface area is 118 Å². The Morgan fingerprint density at radius 1 is 1.42 bits per heavy atom. The van der Waals surface area contributed by atoms with Gasteiger partial charge in [0.25, 0.3) is 0 Å². The normalized spacial score (nSPS) is 11.9. The van der Waals surface area contributed by atoms with E-state index in [1.165, 1.54) is 0 Å². The summed E-state index contributed by atoms with van der Waals surface area (Å²) in [6.45, 7) is 2.70. The van der Waals surface area contributed by atoms with Crippen molar-refractivity contribution in [3.8, 4) is 5.75 Å². The molecule has 5 heteroatoms. The quantitative estimate of drug-likeness (QED) is 0.721. The number of rotatable bonds is 8. The van der Waals surface area contributed by atoms with Crippen molar-refractivity contribution in [1.29, 1.82) is 0 Å². The highest BCUT2D eigenvalue weighted by Crippen LogP contribution is 2.15. The van der Waals surface area contributed by atoms with E-state index in [1.807, 2.05) is 0 Å². The summed E-state index contributed by atoms with van der Waals surface area (Å²) in [5, 5.41) is 12.5. The Kier molecular flexibility index (Phi) is 7.30. The Morgan fingerprint density at radius 2 is 2.11 bits per heavy atom. The Morgan fingerprint density at radius 3 is 2.74 bits per heavy atom. The molecule has 0 heterocycles. The van der Waals surface area contributed by atoms with Gasteiger partial charge >= 0.3 is 0 Å². The third kappa shape index (κ3) is 7.70. The molecule has 0 aliphatic carbocycles. The summed E-state index contributed by atoms with van der Waals surface area (Å²) in [6.07, 6.45) is 1.28. The van der Waals surface area contributed by atoms with Crippen LogP contribution in [0.5, 0.6) is 5.75 Å². The van der Waals surface area contributed by atoms with E-state index in [1.54, 1.807) is 31.2 Å². The molecule has 0 aromatic heterocycles. The minimum absolute atomic E-state index is 0.0136. The van der Waals surface area contributed by atoms with E-state index in [9.17, 15) is 4.79 Å². The average molecular weight is 286 g/mol. The summed E-state index contributed by atoms with van der Waals surface area (Å²) < 4.78 is 5.48. The molecule has 0 saturated heterocycles. The topological polar surface area (TPSA) is 58.6 Å². The Balaban J connectivity index is 2.07. The van der Waals surface area contributed by atoms with Crippen LogP contribution in [0.15, 0.2) is 24.3 Å². The van der Waals surface area contributed by atoms with E-state index in [-0.39, 0.29) is 12.0 Å². The zero-order valence-corrected chi connectivity index (χ0v) is 11.8. The van der Waals surface area contributed by atoms with Crippen LogP contribution in [0.4, 0.5) is 0 Å². The molecule has 0 fully saturated rings. The Hall–Kier alpha value is -1.26. The fourth-order valence-corrected chi connectivity index (χ4v) is 1.59. The van der Waals surface area contributed by atoms with E-state index < -0.39 is 0 Å². The summed E-state index contributed by atoms with van der Waals surface area (Å²) in [6, 6.07) is 7.12. The molecule has 0 bridgehead atoms. The van der Waals surface area contributed by atoms with Crippen LogP contribution in [0.1, 0.15) is 26.2 Å². The highest BCUT2D eigenvalue weighted by Gasteiger charge is 2.02. The van der Waals surface area contributed by atoms with Crippen LogP contribution >= 0.6 is 11.6 Å². The highest BCUT2D eigenvalue weighted by molar-refractivity contribution is 6.30. The van der Waals surface area contributed by atoms with Crippen LogP contribution in [0.3, 0.4) is 0 Å². The second-order valence-electron chi connectivity index (χ2n) is 4.39. The summed E-state index contributed by atoms with van der Waals surface area (Å²) in [5.74, 6) is 0.735. The number of carbonyl (C=O) groups excluding carboxylic acids is 1. The average Bonchev–Trinajstić information content (AvgIpc) is 2.36. The molecule has 2 N–H and O–H groups in total. The number of hydrogen-bond donors (Lipinski definition) is 2. The van der Waals surface area contributed by atoms with Crippen LogP contribution in [-0.2, 0) is 4.79 Å². The summed E-state index contributed by atoms with van der Waals surface area (Å²) in [5.41, 5.74) is 0. The maximum atomic E-state index is 11.4. The second kappa shape index (κ2) is 8.77. The van der Waals surface area contributed by atoms with Gasteiger partial charge in [-0.15, -0.1) is 0 Å². The molecule has 1 amide bonds. The highest BCUT2D eigenvalue weighted by atomic mass is 35.5. The first kappa shape index (κ1) is 15.8. The van der Waals surface area contributed by atoms with Gasteiger partial charge in [0.1, 0.15) is 5.75 Å². The van der Waals surface area contributed by atoms with Gasteiger partial charge in [-0.05, 0) is 44.0 Å². The van der Waals surface area contributed by atoms with E-state index in [4.69, 9.17) is 21.4 Å². The smallest absolute Gasteiger partial charge is 0.220 e. The number of nitrogens with one attached hydrogen (secondary N) is 1. The van der Waals surface area contributed by atoms with Crippen LogP contribution < -0.4 is 10.1 Å². The Bertz CT molecular complexity index is 379. The number of halogens is 1. The monoisotopic (exact) mass is 285 g/mol. The molecule has 1 aromatic rings. The number of benzene rings is 1. The first-order chi connectivity index (χ1) is 9.08. The largest absolute Gasteiger partial charge is 0.494 e. The predicted molar refractivity (Wildman–Crippen MR) is 75.5 cm³/mol. The van der Waals surface area contributed by atoms with Crippen LogP contribution in [0, 0.1) is 0 Å². The minimum Gasteiger partial charge on any atom is -0.494 e. The molecule has 106 valence electrons. The van der Waals surface area contributed by atoms with Gasteiger partial charge in [0.05, 0.1) is 12.7 Å². The molecule has 19 heavy (non-hydrogen) atoms. The molecule has 0 aliphatic rings. The third-order valence-electron chi connectivity index (χ3n) is 2.51. The molecule has 1 aromatic carbocycles. The van der Waals surface area contributed by atoms with E-state index in [2.05, 4.69) is 5.32 Å². The molecule has 1 atom stereocenters. The number of aliphatic hydroxyl groups is 1. The molecule has 4 nitrogen and oxygen atoms in total. The van der Waals surface area contributed by atoms with Crippen molar-refractivity contribution < 1.29 is 14.6 Å². The van der Waals surface area contributed by atoms with Gasteiger partial charge < -0.3 is 15.2 Å². The molecule has 1 unspecified atom stereocenters. The summed E-state index contributed by atoms with van der Waals surface area (Å²) >= 11 is 5.76. The molecular weight excluding hydrogens is 266 g/mol. The SMILES string of the molecule is CC(O)CCNC(=O)CCCOc1ccc(Cl)cc1. The van der Waals surface area contributed by atoms with Gasteiger partial charge in [0.15, 0.2) is 0 Å². The summed E-state index contributed by atoms with van der Waals surface area (Å²) in [7, 11) is 0. The zero-order valence-electron chi connectivity index (χ0n) is 11.1. The third-order valence-corrected chi connectivity index (χ3v) is 2.77. The molecule has 0 aliphatic heterocycles. The first-order valence-corrected chi connectivity index (χ1v) is 6.79. The molecule has 1 rings (SSSR count). The van der Waals surface area contributed by atoms with Gasteiger partial charge in [0.2, 0.25) is 5.91 Å². The lowest BCUT2D eigenvalue weighted by atomic mass is 10.2. The van der Waals surface area contributed by atoms with Gasteiger partial charge in [-0.2, -0.15) is 0 Å². The number of aliphatic hydroxyl groups excluding tert-OH is 1. The van der Waals surface area contributed by atoms with Crippen molar-refractivity contribution in [3.63, 3.8) is 0 Å². The molecule has 0 saturated carbocycles. The van der Waals surface area contributed by atoms with Crippen molar-refractivity contribution in [3.05, 3.63) is 29.3 Å². The van der Waals surface area contributed by atoms with Crippen molar-refractivity contribution in [2.45, 2.75) is 32.3 Å². The molecule has 0 radical (unpaired) electrons. The van der Waals surface area contributed by atoms with Crippen LogP contribution in [0.25, 0.3) is 0 Å². The number of carbonyl (C=O) groups is 1. The lowest BCUT2D eigenvalue weighted by Gasteiger charge is -2.08. The lowest BCUT2D eigenvalue weighted by molar-refractivity contribution is -0.121. The zero-order chi connectivity index (χ0) is 14.1. The molecular formula is C14H20ClNO3. The van der Waals surface area contributed by atoms with Crippen molar-refractivity contribution >= 4 is 17.5 Å². The van der Waals surface area contributed by atoms with E-state index >= 15 is 0 Å². The van der Waals surface area contributed by atoms with Crippen molar-refractivity contribution in [2.24, 2.45) is 0 Å². The summed E-state index contributed by atoms with van der Waals surface area (Å²) in [4.78, 5) is 11.4. The van der Waals surface area contributed by atoms with Gasteiger partial charge in [0, 0.05) is 18.0 Å². The minimum atomic E-state index is -0.381. The van der Waals surface area contributed by atoms with Gasteiger partial charge in [-0.3, -0.25) is 4.79 Å². The molecule has 0 spiro atoms. The van der Waals surface area contributed by atoms with Crippen LogP contribution in [0.2, 0.25) is 5.02 Å². The second-order valence-corrected chi connectivity index (χ2v) is 4.83. The maximum Gasteiger partial charge on any atom is 0.220 e. The van der Waals surface area contributed by atoms with Gasteiger partial charge in [-0.1, -0.05) is 11.6 Å². The van der Waals surface area contributed by atoms with Gasteiger partial charge in [-0.25, -0.2) is 0 Å². The number of amides is 1. The van der Waals surface area contributed by atoms with Crippen molar-refractivity contribution in [1.82, 2.24) is 5.32 Å². The first-order valence-electron chi connectivity index (χ1n) is 6.41. The van der Waals surface area contributed by atoms with Crippen molar-refractivity contribution in [2.75, 3.05) is 13.2 Å². The van der Waals surface area contributed by atoms with E-state index in [0.717, 1.165) is 5.75 Å². The van der Waals surface area contributed by atoms with E-state index in [0.29, 0.717) is 37.4 Å². The standard InChI is InChI=1S/C14H20ClNO3/c1-11(17)8-9-16-14(18)3-2-10-19-13-6-4-12(15)5-7-13/h4-7,11,17H,2-3,8-10H2,1H3,(H,16,18). The lowest BCUT2D eigenvalue weighted by Crippen LogP contribution is -2.26.